The van der Waals surface area contributed by atoms with Gasteiger partial charge in [0.15, 0.2) is 0 Å². The van der Waals surface area contributed by atoms with Crippen LogP contribution in [0.5, 0.6) is 17.2 Å². The minimum Gasteiger partial charge on any atom is -0.871 e. The molecule has 0 aliphatic rings. The van der Waals surface area contributed by atoms with Gasteiger partial charge in [-0.3, -0.25) is 4.55 Å². The van der Waals surface area contributed by atoms with Gasteiger partial charge in [0.05, 0.1) is 4.90 Å². The Hall–Kier alpha value is -0.414. The predicted octanol–water partition coefficient (Wildman–Crippen LogP) is 3.27. The van der Waals surface area contributed by atoms with Gasteiger partial charge in [0.1, 0.15) is 11.5 Å². The normalized spacial score (nSPS) is 11.2. The van der Waals surface area contributed by atoms with Crippen LogP contribution in [0, 0.1) is 0 Å². The zero-order valence-corrected chi connectivity index (χ0v) is 22.7. The third-order valence-corrected chi connectivity index (χ3v) is 6.09. The average molecular weight is 473 g/mol. The molecule has 0 saturated heterocycles. The third kappa shape index (κ3) is 10.8. The van der Waals surface area contributed by atoms with Crippen LogP contribution in [0.4, 0.5) is 0 Å². The molecule has 0 heterocycles. The molecule has 31 heavy (non-hydrogen) atoms. The van der Waals surface area contributed by atoms with Crippen molar-refractivity contribution in [3.8, 4) is 17.2 Å². The van der Waals surface area contributed by atoms with Crippen LogP contribution in [-0.2, 0) is 16.5 Å². The van der Waals surface area contributed by atoms with Crippen LogP contribution in [0.1, 0.15) is 76.7 Å². The van der Waals surface area contributed by atoms with Gasteiger partial charge in [-0.15, -0.1) is 0 Å². The molecule has 0 spiro atoms. The Morgan fingerprint density at radius 3 is 2.03 bits per heavy atom. The first-order valence-electron chi connectivity index (χ1n) is 11.0. The summed E-state index contributed by atoms with van der Waals surface area (Å²) in [5, 5.41) is 11.9. The number of hydrogen-bond donors (Lipinski definition) is 1. The van der Waals surface area contributed by atoms with Crippen LogP contribution < -0.4 is 61.2 Å². The summed E-state index contributed by atoms with van der Waals surface area (Å²) in [6.07, 6.45) is 13.7. The van der Waals surface area contributed by atoms with Gasteiger partial charge >= 0.3 is 51.4 Å². The molecule has 1 N–H and O–H groups in total. The minimum absolute atomic E-state index is 0. The van der Waals surface area contributed by atoms with Gasteiger partial charge in [0.25, 0.3) is 10.1 Å². The first kappa shape index (κ1) is 28.6. The summed E-state index contributed by atoms with van der Waals surface area (Å²) in [4.78, 5) is -0.645. The maximum atomic E-state index is 11.9. The van der Waals surface area contributed by atoms with Crippen molar-refractivity contribution < 1.29 is 74.2 Å². The number of aryl methyl sites for hydroxylation is 1. The fourth-order valence-electron chi connectivity index (χ4n) is 3.50. The standard InChI is InChI=1S/C24H34O5S.K/c1-2-3-4-5-6-7-8-9-10-11-14-20-15-12-13-16-23(20)29-21-17-18-24(22(25)19-21)30(26,27)28;/h12-13,15-19,25H,2-11,14H2,1H3,(H,26,27,28);/q;+1/p-1. The molecule has 0 bridgehead atoms. The third-order valence-electron chi connectivity index (χ3n) is 5.19. The molecule has 5 nitrogen and oxygen atoms in total. The van der Waals surface area contributed by atoms with Crippen molar-refractivity contribution in [3.05, 3.63) is 48.0 Å². The van der Waals surface area contributed by atoms with Crippen LogP contribution in [0.15, 0.2) is 47.4 Å². The van der Waals surface area contributed by atoms with Gasteiger partial charge in [-0.2, -0.15) is 8.42 Å². The van der Waals surface area contributed by atoms with Crippen molar-refractivity contribution in [3.63, 3.8) is 0 Å². The monoisotopic (exact) mass is 472 g/mol. The summed E-state index contributed by atoms with van der Waals surface area (Å²) in [5.41, 5.74) is 1.06. The summed E-state index contributed by atoms with van der Waals surface area (Å²) in [7, 11) is -4.53. The molecule has 0 saturated carbocycles. The summed E-state index contributed by atoms with van der Waals surface area (Å²) in [6.45, 7) is 2.24. The number of unbranched alkanes of at least 4 members (excludes halogenated alkanes) is 9. The summed E-state index contributed by atoms with van der Waals surface area (Å²) in [6, 6.07) is 11.2. The van der Waals surface area contributed by atoms with E-state index in [0.29, 0.717) is 5.75 Å². The van der Waals surface area contributed by atoms with Crippen LogP contribution in [-0.4, -0.2) is 13.0 Å². The van der Waals surface area contributed by atoms with Crippen LogP contribution in [0.2, 0.25) is 0 Å². The zero-order chi connectivity index (χ0) is 21.8. The van der Waals surface area contributed by atoms with Crippen LogP contribution >= 0.6 is 0 Å². The molecule has 2 aromatic carbocycles. The first-order chi connectivity index (χ1) is 14.4. The second-order valence-corrected chi connectivity index (χ2v) is 9.12. The molecule has 0 radical (unpaired) electrons. The molecule has 0 aliphatic carbocycles. The maximum absolute atomic E-state index is 11.9. The fourth-order valence-corrected chi connectivity index (χ4v) is 4.06. The van der Waals surface area contributed by atoms with Gasteiger partial charge < -0.3 is 9.84 Å². The summed E-state index contributed by atoms with van der Waals surface area (Å²) >= 11 is 0. The molecule has 0 atom stereocenters. The predicted molar refractivity (Wildman–Crippen MR) is 118 cm³/mol. The van der Waals surface area contributed by atoms with Crippen molar-refractivity contribution in [2.45, 2.75) is 82.4 Å². The molecule has 0 aromatic heterocycles. The van der Waals surface area contributed by atoms with Crippen molar-refractivity contribution in [1.82, 2.24) is 0 Å². The quantitative estimate of drug-likeness (QED) is 0.259. The largest absolute Gasteiger partial charge is 1.00 e. The van der Waals surface area contributed by atoms with Crippen molar-refractivity contribution in [2.75, 3.05) is 0 Å². The topological polar surface area (TPSA) is 86.7 Å². The van der Waals surface area contributed by atoms with Gasteiger partial charge in [0.2, 0.25) is 0 Å². The SMILES string of the molecule is CCCCCCCCCCCCc1ccccc1Oc1ccc(S(=O)(=O)O)c([O-])c1.[K+]. The summed E-state index contributed by atoms with van der Waals surface area (Å²) in [5.74, 6) is 0.123. The second-order valence-electron chi connectivity index (χ2n) is 7.73. The molecular weight excluding hydrogens is 439 g/mol. The maximum Gasteiger partial charge on any atom is 1.00 e. The van der Waals surface area contributed by atoms with E-state index in [4.69, 9.17) is 9.29 Å². The molecule has 2 aromatic rings. The Kier molecular flexibility index (Phi) is 14.2. The smallest absolute Gasteiger partial charge is 0.871 e. The van der Waals surface area contributed by atoms with E-state index in [0.717, 1.165) is 30.5 Å². The van der Waals surface area contributed by atoms with Gasteiger partial charge in [0, 0.05) is 0 Å². The summed E-state index contributed by atoms with van der Waals surface area (Å²) < 4.78 is 37.2. The van der Waals surface area contributed by atoms with Crippen LogP contribution in [0.3, 0.4) is 0 Å². The number of hydrogen-bond acceptors (Lipinski definition) is 4. The number of para-hydroxylation sites is 1. The Labute approximate surface area is 229 Å². The zero-order valence-electron chi connectivity index (χ0n) is 18.8. The van der Waals surface area contributed by atoms with E-state index >= 15 is 0 Å². The minimum atomic E-state index is -4.53. The first-order valence-corrected chi connectivity index (χ1v) is 12.4. The van der Waals surface area contributed by atoms with E-state index in [2.05, 4.69) is 6.92 Å². The molecular formula is C24H33KO5S. The molecule has 0 fully saturated rings. The Bertz CT molecular complexity index is 883. The van der Waals surface area contributed by atoms with Crippen molar-refractivity contribution in [1.29, 1.82) is 0 Å². The van der Waals surface area contributed by atoms with E-state index in [-0.39, 0.29) is 57.1 Å². The average Bonchev–Trinajstić information content (AvgIpc) is 2.69. The Balaban J connectivity index is 0.00000480. The molecule has 0 unspecified atom stereocenters. The molecule has 2 rings (SSSR count). The molecule has 0 amide bonds. The van der Waals surface area contributed by atoms with Gasteiger partial charge in [-0.25, -0.2) is 0 Å². The van der Waals surface area contributed by atoms with Gasteiger partial charge in [-0.1, -0.05) is 88.7 Å². The second kappa shape index (κ2) is 15.4. The van der Waals surface area contributed by atoms with Crippen LogP contribution in [0.25, 0.3) is 0 Å². The Morgan fingerprint density at radius 1 is 0.871 bits per heavy atom. The van der Waals surface area contributed by atoms with E-state index in [1.165, 1.54) is 63.9 Å². The van der Waals surface area contributed by atoms with Crippen molar-refractivity contribution >= 4 is 10.1 Å². The van der Waals surface area contributed by atoms with E-state index in [1.807, 2.05) is 24.3 Å². The molecule has 0 aliphatic heterocycles. The molecule has 166 valence electrons. The number of rotatable bonds is 14. The van der Waals surface area contributed by atoms with Crippen molar-refractivity contribution in [2.24, 2.45) is 0 Å². The van der Waals surface area contributed by atoms with Gasteiger partial charge in [-0.05, 0) is 42.7 Å². The number of ether oxygens (including phenoxy) is 1. The number of benzene rings is 2. The molecule has 7 heteroatoms. The fraction of sp³-hybridized carbons (Fsp3) is 0.500. The van der Waals surface area contributed by atoms with E-state index in [1.54, 1.807) is 0 Å². The van der Waals surface area contributed by atoms with E-state index < -0.39 is 20.8 Å². The Morgan fingerprint density at radius 2 is 1.45 bits per heavy atom. The van der Waals surface area contributed by atoms with E-state index in [9.17, 15) is 13.5 Å².